The molecule has 22 heavy (non-hydrogen) atoms. The predicted octanol–water partition coefficient (Wildman–Crippen LogP) is 6.45. The normalized spacial score (nSPS) is 32.9. The molecule has 2 aliphatic carbocycles. The number of halogens is 3. The molecule has 3 heteroatoms. The molecule has 1 aromatic rings. The lowest BCUT2D eigenvalue weighted by atomic mass is 9.68. The molecule has 0 heterocycles. The lowest BCUT2D eigenvalue weighted by molar-refractivity contribution is 0.165. The van der Waals surface area contributed by atoms with Gasteiger partial charge in [-0.25, -0.2) is 13.2 Å². The molecule has 2 saturated carbocycles. The maximum Gasteiger partial charge on any atom is 0.194 e. The van der Waals surface area contributed by atoms with Gasteiger partial charge in [0.1, 0.15) is 0 Å². The van der Waals surface area contributed by atoms with Gasteiger partial charge < -0.3 is 0 Å². The largest absolute Gasteiger partial charge is 0.204 e. The van der Waals surface area contributed by atoms with Crippen LogP contribution < -0.4 is 0 Å². The van der Waals surface area contributed by atoms with E-state index in [1.165, 1.54) is 37.8 Å². The van der Waals surface area contributed by atoms with Crippen LogP contribution >= 0.6 is 0 Å². The highest BCUT2D eigenvalue weighted by Crippen LogP contribution is 2.44. The monoisotopic (exact) mass is 312 g/mol. The summed E-state index contributed by atoms with van der Waals surface area (Å²) in [7, 11) is 0. The van der Waals surface area contributed by atoms with Crippen molar-refractivity contribution < 1.29 is 14.6 Å². The van der Waals surface area contributed by atoms with Gasteiger partial charge in [0.15, 0.2) is 17.5 Å². The van der Waals surface area contributed by atoms with Gasteiger partial charge in [0.2, 0.25) is 0 Å². The molecule has 0 N–H and O–H groups in total. The Morgan fingerprint density at radius 3 is 1.73 bits per heavy atom. The van der Waals surface area contributed by atoms with Crippen LogP contribution in [-0.4, -0.2) is 0 Å². The van der Waals surface area contributed by atoms with Crippen molar-refractivity contribution in [2.75, 3.05) is 0 Å². The summed E-state index contributed by atoms with van der Waals surface area (Å²) in [4.78, 5) is 0. The topological polar surface area (TPSA) is 0 Å². The highest BCUT2D eigenvalue weighted by Gasteiger charge is 2.30. The SMILES string of the molecule is CC1CCC(C2CCC(c3cc(F)c(F)c(F)c3)CC2)CC1.[HH]. The lowest BCUT2D eigenvalue weighted by Gasteiger charge is -2.37. The maximum atomic E-state index is 13.4. The van der Waals surface area contributed by atoms with Crippen molar-refractivity contribution in [3.05, 3.63) is 35.1 Å². The predicted molar refractivity (Wildman–Crippen MR) is 84.3 cm³/mol. The summed E-state index contributed by atoms with van der Waals surface area (Å²) >= 11 is 0. The van der Waals surface area contributed by atoms with E-state index in [0.717, 1.165) is 43.4 Å². The Morgan fingerprint density at radius 1 is 0.773 bits per heavy atom. The van der Waals surface area contributed by atoms with Gasteiger partial charge in [-0.3, -0.25) is 0 Å². The van der Waals surface area contributed by atoms with Crippen molar-refractivity contribution in [1.82, 2.24) is 0 Å². The van der Waals surface area contributed by atoms with Crippen LogP contribution in [0.3, 0.4) is 0 Å². The van der Waals surface area contributed by atoms with Crippen LogP contribution in [0.5, 0.6) is 0 Å². The number of hydrogen-bond acceptors (Lipinski definition) is 0. The van der Waals surface area contributed by atoms with E-state index in [4.69, 9.17) is 0 Å². The quantitative estimate of drug-likeness (QED) is 0.550. The fourth-order valence-electron chi connectivity index (χ4n) is 4.49. The molecule has 3 rings (SSSR count). The van der Waals surface area contributed by atoms with E-state index in [1.807, 2.05) is 0 Å². The summed E-state index contributed by atoms with van der Waals surface area (Å²) < 4.78 is 39.8. The summed E-state index contributed by atoms with van der Waals surface area (Å²) in [6.45, 7) is 2.34. The fraction of sp³-hybridized carbons (Fsp3) is 0.684. The van der Waals surface area contributed by atoms with E-state index in [-0.39, 0.29) is 7.34 Å². The molecule has 0 atom stereocenters. The van der Waals surface area contributed by atoms with Crippen LogP contribution in [0.1, 0.15) is 71.2 Å². The molecule has 0 amide bonds. The van der Waals surface area contributed by atoms with Gasteiger partial charge in [-0.2, -0.15) is 0 Å². The van der Waals surface area contributed by atoms with Gasteiger partial charge in [-0.1, -0.05) is 19.8 Å². The van der Waals surface area contributed by atoms with Crippen molar-refractivity contribution in [2.45, 2.75) is 64.2 Å². The van der Waals surface area contributed by atoms with E-state index in [0.29, 0.717) is 5.56 Å². The zero-order valence-corrected chi connectivity index (χ0v) is 13.3. The number of benzene rings is 1. The molecule has 0 unspecified atom stereocenters. The van der Waals surface area contributed by atoms with Crippen molar-refractivity contribution in [2.24, 2.45) is 17.8 Å². The molecule has 0 bridgehead atoms. The van der Waals surface area contributed by atoms with E-state index in [2.05, 4.69) is 6.92 Å². The molecule has 0 nitrogen and oxygen atoms in total. The highest BCUT2D eigenvalue weighted by molar-refractivity contribution is 5.23. The van der Waals surface area contributed by atoms with Crippen LogP contribution in [0.4, 0.5) is 13.2 Å². The molecule has 0 aliphatic heterocycles. The Hall–Kier alpha value is -0.990. The van der Waals surface area contributed by atoms with Crippen LogP contribution in [0, 0.1) is 35.2 Å². The molecule has 2 fully saturated rings. The number of hydrogen-bond donors (Lipinski definition) is 0. The van der Waals surface area contributed by atoms with E-state index >= 15 is 0 Å². The third-order valence-corrected chi connectivity index (χ3v) is 5.98. The Morgan fingerprint density at radius 2 is 1.23 bits per heavy atom. The summed E-state index contributed by atoms with van der Waals surface area (Å²) in [5.74, 6) is -0.788. The van der Waals surface area contributed by atoms with Gasteiger partial charge in [-0.05, 0) is 79.9 Å². The van der Waals surface area contributed by atoms with Crippen LogP contribution in [-0.2, 0) is 0 Å². The smallest absolute Gasteiger partial charge is 0.194 e. The second-order valence-corrected chi connectivity index (χ2v) is 7.43. The lowest BCUT2D eigenvalue weighted by Crippen LogP contribution is -2.24. The maximum absolute atomic E-state index is 13.4. The standard InChI is InChI=1S/C19H25F3.H2/c1-12-2-4-13(5-3-12)14-6-8-15(9-7-14)16-10-17(20)19(22)18(21)11-16;/h10-15H,2-9H2,1H3;1H. The minimum absolute atomic E-state index is 0. The summed E-state index contributed by atoms with van der Waals surface area (Å²) in [5, 5.41) is 0. The molecule has 1 aromatic carbocycles. The summed E-state index contributed by atoms with van der Waals surface area (Å²) in [6, 6.07) is 2.37. The molecular formula is C19H27F3. The van der Waals surface area contributed by atoms with Crippen LogP contribution in [0.2, 0.25) is 0 Å². The Labute approximate surface area is 132 Å². The van der Waals surface area contributed by atoms with Crippen LogP contribution in [0.15, 0.2) is 12.1 Å². The van der Waals surface area contributed by atoms with Gasteiger partial charge in [0.05, 0.1) is 0 Å². The fourth-order valence-corrected chi connectivity index (χ4v) is 4.49. The van der Waals surface area contributed by atoms with Crippen molar-refractivity contribution >= 4 is 0 Å². The number of rotatable bonds is 2. The molecular weight excluding hydrogens is 285 g/mol. The second kappa shape index (κ2) is 6.64. The van der Waals surface area contributed by atoms with Gasteiger partial charge in [0, 0.05) is 1.43 Å². The Bertz CT molecular complexity index is 492. The van der Waals surface area contributed by atoms with Crippen LogP contribution in [0.25, 0.3) is 0 Å². The third-order valence-electron chi connectivity index (χ3n) is 5.98. The molecule has 2 aliphatic rings. The van der Waals surface area contributed by atoms with Gasteiger partial charge >= 0.3 is 0 Å². The van der Waals surface area contributed by atoms with Gasteiger partial charge in [0.25, 0.3) is 0 Å². The summed E-state index contributed by atoms with van der Waals surface area (Å²) in [5.41, 5.74) is 0.632. The molecule has 124 valence electrons. The van der Waals surface area contributed by atoms with Crippen molar-refractivity contribution in [3.63, 3.8) is 0 Å². The molecule has 0 radical (unpaired) electrons. The summed E-state index contributed by atoms with van der Waals surface area (Å²) in [6.07, 6.45) is 9.61. The average Bonchev–Trinajstić information content (AvgIpc) is 2.53. The van der Waals surface area contributed by atoms with Crippen molar-refractivity contribution in [1.29, 1.82) is 0 Å². The minimum atomic E-state index is -1.35. The van der Waals surface area contributed by atoms with Crippen molar-refractivity contribution in [3.8, 4) is 0 Å². The van der Waals surface area contributed by atoms with E-state index < -0.39 is 17.5 Å². The first-order chi connectivity index (χ1) is 10.5. The first-order valence-corrected chi connectivity index (χ1v) is 8.69. The zero-order chi connectivity index (χ0) is 15.7. The molecule has 0 aromatic heterocycles. The Balaban J connectivity index is 0.00000192. The van der Waals surface area contributed by atoms with E-state index in [1.54, 1.807) is 0 Å². The zero-order valence-electron chi connectivity index (χ0n) is 13.3. The Kier molecular flexibility index (Phi) is 4.79. The first-order valence-electron chi connectivity index (χ1n) is 8.69. The highest BCUT2D eigenvalue weighted by atomic mass is 19.2. The second-order valence-electron chi connectivity index (χ2n) is 7.43. The first kappa shape index (κ1) is 15.9. The van der Waals surface area contributed by atoms with E-state index in [9.17, 15) is 13.2 Å². The third kappa shape index (κ3) is 3.33. The average molecular weight is 312 g/mol. The van der Waals surface area contributed by atoms with Gasteiger partial charge in [-0.15, -0.1) is 0 Å². The molecule has 0 saturated heterocycles. The molecule has 0 spiro atoms. The minimum Gasteiger partial charge on any atom is -0.204 e.